The molecular formula is C23H26N4O. The third-order valence-electron chi connectivity index (χ3n) is 5.36. The lowest BCUT2D eigenvalue weighted by Crippen LogP contribution is -2.43. The summed E-state index contributed by atoms with van der Waals surface area (Å²) in [6.45, 7) is 4.08. The van der Waals surface area contributed by atoms with Gasteiger partial charge in [-0.25, -0.2) is 4.68 Å². The molecule has 3 aromatic rings. The quantitative estimate of drug-likeness (QED) is 0.758. The van der Waals surface area contributed by atoms with Crippen LogP contribution in [0.2, 0.25) is 0 Å². The van der Waals surface area contributed by atoms with Crippen molar-refractivity contribution in [1.29, 1.82) is 0 Å². The first-order valence-electron chi connectivity index (χ1n) is 9.82. The van der Waals surface area contributed by atoms with Crippen molar-refractivity contribution in [1.82, 2.24) is 20.0 Å². The first-order valence-corrected chi connectivity index (χ1v) is 9.82. The van der Waals surface area contributed by atoms with E-state index < -0.39 is 0 Å². The fourth-order valence-electron chi connectivity index (χ4n) is 3.60. The third-order valence-corrected chi connectivity index (χ3v) is 5.36. The molecule has 0 saturated carbocycles. The zero-order valence-electron chi connectivity index (χ0n) is 16.4. The van der Waals surface area contributed by atoms with E-state index in [2.05, 4.69) is 36.3 Å². The number of piperidine rings is 1. The lowest BCUT2D eigenvalue weighted by molar-refractivity contribution is 0.0917. The molecular weight excluding hydrogens is 348 g/mol. The summed E-state index contributed by atoms with van der Waals surface area (Å²) >= 11 is 0. The molecule has 1 aliphatic heterocycles. The first kappa shape index (κ1) is 18.4. The molecule has 0 spiro atoms. The Kier molecular flexibility index (Phi) is 5.26. The highest BCUT2D eigenvalue weighted by Gasteiger charge is 2.23. The molecule has 1 amide bonds. The van der Waals surface area contributed by atoms with Crippen LogP contribution in [0.15, 0.2) is 60.8 Å². The fraction of sp³-hybridized carbons (Fsp3) is 0.304. The van der Waals surface area contributed by atoms with E-state index in [4.69, 9.17) is 5.10 Å². The summed E-state index contributed by atoms with van der Waals surface area (Å²) in [5.41, 5.74) is 4.42. The average molecular weight is 374 g/mol. The lowest BCUT2D eigenvalue weighted by Gasteiger charge is -2.29. The Morgan fingerprint density at radius 3 is 2.39 bits per heavy atom. The van der Waals surface area contributed by atoms with E-state index in [0.717, 1.165) is 37.2 Å². The number of rotatable bonds is 4. The lowest BCUT2D eigenvalue weighted by atomic mass is 10.0. The number of carbonyl (C=O) groups is 1. The van der Waals surface area contributed by atoms with Gasteiger partial charge in [0.2, 0.25) is 0 Å². The maximum Gasteiger partial charge on any atom is 0.255 e. The predicted molar refractivity (Wildman–Crippen MR) is 112 cm³/mol. The monoisotopic (exact) mass is 374 g/mol. The van der Waals surface area contributed by atoms with Crippen molar-refractivity contribution in [3.63, 3.8) is 0 Å². The Morgan fingerprint density at radius 1 is 1.04 bits per heavy atom. The standard InChI is InChI=1S/C23H26N4O/c1-17-8-10-20(11-9-17)27-16-21(22(25-27)18-6-4-3-5-7-18)23(28)24-19-12-14-26(2)15-13-19/h3-11,16,19H,12-15H2,1-2H3,(H,24,28). The van der Waals surface area contributed by atoms with Crippen molar-refractivity contribution in [2.45, 2.75) is 25.8 Å². The molecule has 5 nitrogen and oxygen atoms in total. The van der Waals surface area contributed by atoms with E-state index in [1.54, 1.807) is 4.68 Å². The van der Waals surface area contributed by atoms with Crippen LogP contribution in [0.25, 0.3) is 16.9 Å². The van der Waals surface area contributed by atoms with E-state index in [1.807, 2.05) is 48.7 Å². The zero-order chi connectivity index (χ0) is 19.5. The van der Waals surface area contributed by atoms with Crippen LogP contribution in [-0.2, 0) is 0 Å². The molecule has 28 heavy (non-hydrogen) atoms. The van der Waals surface area contributed by atoms with Gasteiger partial charge in [0, 0.05) is 17.8 Å². The second-order valence-electron chi connectivity index (χ2n) is 7.59. The van der Waals surface area contributed by atoms with Crippen LogP contribution in [-0.4, -0.2) is 46.8 Å². The van der Waals surface area contributed by atoms with Crippen molar-refractivity contribution in [3.05, 3.63) is 71.9 Å². The zero-order valence-corrected chi connectivity index (χ0v) is 16.4. The van der Waals surface area contributed by atoms with Crippen LogP contribution in [0.3, 0.4) is 0 Å². The van der Waals surface area contributed by atoms with E-state index in [9.17, 15) is 4.79 Å². The van der Waals surface area contributed by atoms with Crippen LogP contribution in [0.4, 0.5) is 0 Å². The third kappa shape index (κ3) is 3.99. The minimum Gasteiger partial charge on any atom is -0.349 e. The fourth-order valence-corrected chi connectivity index (χ4v) is 3.60. The van der Waals surface area contributed by atoms with Gasteiger partial charge in [0.05, 0.1) is 11.3 Å². The highest BCUT2D eigenvalue weighted by molar-refractivity contribution is 6.00. The molecule has 1 N–H and O–H groups in total. The summed E-state index contributed by atoms with van der Waals surface area (Å²) in [5, 5.41) is 7.98. The molecule has 1 aliphatic rings. The van der Waals surface area contributed by atoms with Crippen LogP contribution in [0, 0.1) is 6.92 Å². The predicted octanol–water partition coefficient (Wildman–Crippen LogP) is 3.67. The minimum absolute atomic E-state index is 0.0493. The summed E-state index contributed by atoms with van der Waals surface area (Å²) < 4.78 is 1.80. The van der Waals surface area contributed by atoms with E-state index in [0.29, 0.717) is 11.3 Å². The number of hydrogen-bond acceptors (Lipinski definition) is 3. The van der Waals surface area contributed by atoms with Crippen molar-refractivity contribution in [3.8, 4) is 16.9 Å². The van der Waals surface area contributed by atoms with Gasteiger partial charge < -0.3 is 10.2 Å². The molecule has 5 heteroatoms. The molecule has 1 aromatic heterocycles. The molecule has 2 heterocycles. The Hall–Kier alpha value is -2.92. The Morgan fingerprint density at radius 2 is 1.71 bits per heavy atom. The van der Waals surface area contributed by atoms with Gasteiger partial charge in [0.1, 0.15) is 5.69 Å². The summed E-state index contributed by atoms with van der Waals surface area (Å²) in [6.07, 6.45) is 3.81. The Balaban J connectivity index is 1.66. The molecule has 0 bridgehead atoms. The SMILES string of the molecule is Cc1ccc(-n2cc(C(=O)NC3CCN(C)CC3)c(-c3ccccc3)n2)cc1. The molecule has 2 aromatic carbocycles. The number of nitrogens with one attached hydrogen (secondary N) is 1. The molecule has 0 unspecified atom stereocenters. The number of aromatic nitrogens is 2. The summed E-state index contributed by atoms with van der Waals surface area (Å²) in [5.74, 6) is -0.0493. The first-order chi connectivity index (χ1) is 13.6. The highest BCUT2D eigenvalue weighted by Crippen LogP contribution is 2.24. The number of amides is 1. The molecule has 0 aliphatic carbocycles. The van der Waals surface area contributed by atoms with Crippen molar-refractivity contribution in [2.75, 3.05) is 20.1 Å². The van der Waals surface area contributed by atoms with Crippen molar-refractivity contribution in [2.24, 2.45) is 0 Å². The van der Waals surface area contributed by atoms with Crippen LogP contribution >= 0.6 is 0 Å². The van der Waals surface area contributed by atoms with E-state index >= 15 is 0 Å². The summed E-state index contributed by atoms with van der Waals surface area (Å²) in [6, 6.07) is 18.3. The van der Waals surface area contributed by atoms with Crippen LogP contribution in [0.1, 0.15) is 28.8 Å². The maximum absolute atomic E-state index is 13.1. The Bertz CT molecular complexity index is 938. The van der Waals surface area contributed by atoms with Crippen molar-refractivity contribution < 1.29 is 4.79 Å². The van der Waals surface area contributed by atoms with Gasteiger partial charge in [-0.2, -0.15) is 5.10 Å². The number of hydrogen-bond donors (Lipinski definition) is 1. The largest absolute Gasteiger partial charge is 0.349 e. The van der Waals surface area contributed by atoms with Crippen LogP contribution < -0.4 is 5.32 Å². The van der Waals surface area contributed by atoms with E-state index in [-0.39, 0.29) is 11.9 Å². The van der Waals surface area contributed by atoms with Gasteiger partial charge in [-0.1, -0.05) is 48.0 Å². The van der Waals surface area contributed by atoms with Gasteiger partial charge in [0.25, 0.3) is 5.91 Å². The number of nitrogens with zero attached hydrogens (tertiary/aromatic N) is 3. The van der Waals surface area contributed by atoms with Gasteiger partial charge in [-0.05, 0) is 52.0 Å². The van der Waals surface area contributed by atoms with Gasteiger partial charge in [0.15, 0.2) is 0 Å². The minimum atomic E-state index is -0.0493. The maximum atomic E-state index is 13.1. The molecule has 0 atom stereocenters. The topological polar surface area (TPSA) is 50.2 Å². The van der Waals surface area contributed by atoms with E-state index in [1.165, 1.54) is 5.56 Å². The molecule has 4 rings (SSSR count). The average Bonchev–Trinajstić information content (AvgIpc) is 3.16. The number of aryl methyl sites for hydroxylation is 1. The van der Waals surface area contributed by atoms with Gasteiger partial charge >= 0.3 is 0 Å². The highest BCUT2D eigenvalue weighted by atomic mass is 16.1. The van der Waals surface area contributed by atoms with Crippen molar-refractivity contribution >= 4 is 5.91 Å². The number of likely N-dealkylation sites (tertiary alicyclic amines) is 1. The molecule has 1 saturated heterocycles. The summed E-state index contributed by atoms with van der Waals surface area (Å²) in [7, 11) is 2.12. The molecule has 144 valence electrons. The second kappa shape index (κ2) is 7.98. The number of carbonyl (C=O) groups excluding carboxylic acids is 1. The number of benzene rings is 2. The summed E-state index contributed by atoms with van der Waals surface area (Å²) in [4.78, 5) is 15.4. The molecule has 0 radical (unpaired) electrons. The van der Waals surface area contributed by atoms with Gasteiger partial charge in [-0.15, -0.1) is 0 Å². The smallest absolute Gasteiger partial charge is 0.255 e. The normalized spacial score (nSPS) is 15.5. The van der Waals surface area contributed by atoms with Crippen LogP contribution in [0.5, 0.6) is 0 Å². The Labute approximate surface area is 166 Å². The molecule has 1 fully saturated rings. The van der Waals surface area contributed by atoms with Gasteiger partial charge in [-0.3, -0.25) is 4.79 Å². The second-order valence-corrected chi connectivity index (χ2v) is 7.59.